The minimum atomic E-state index is -0.378. The largest absolute Gasteiger partial charge is 0.491 e. The van der Waals surface area contributed by atoms with Gasteiger partial charge in [-0.25, -0.2) is 0 Å². The number of carbonyl (C=O) groups excluding carboxylic acids is 2. The number of nitrogens with zero attached hydrogens (tertiary/aromatic N) is 3. The van der Waals surface area contributed by atoms with Gasteiger partial charge in [-0.05, 0) is 90.2 Å². The highest BCUT2D eigenvalue weighted by Crippen LogP contribution is 2.45. The van der Waals surface area contributed by atoms with Crippen LogP contribution < -0.4 is 14.2 Å². The summed E-state index contributed by atoms with van der Waals surface area (Å²) in [6, 6.07) is 21.9. The first kappa shape index (κ1) is 33.8. The van der Waals surface area contributed by atoms with Crippen molar-refractivity contribution < 1.29 is 23.8 Å². The Kier molecular flexibility index (Phi) is 9.43. The van der Waals surface area contributed by atoms with E-state index in [1.807, 2.05) is 54.7 Å². The first-order valence-corrected chi connectivity index (χ1v) is 17.2. The number of imide groups is 1. The number of ether oxygens (including phenoxy) is 3. The summed E-state index contributed by atoms with van der Waals surface area (Å²) in [4.78, 5) is 35.8. The third-order valence-corrected chi connectivity index (χ3v) is 9.34. The molecule has 0 saturated heterocycles. The molecule has 51 heavy (non-hydrogen) atoms. The molecule has 0 aliphatic carbocycles. The molecule has 8 rings (SSSR count). The van der Waals surface area contributed by atoms with E-state index >= 15 is 0 Å². The van der Waals surface area contributed by atoms with E-state index in [1.54, 1.807) is 55.0 Å². The number of rotatable bonds is 8. The summed E-state index contributed by atoms with van der Waals surface area (Å²) in [6.07, 6.45) is 10.9. The Morgan fingerprint density at radius 1 is 0.765 bits per heavy atom. The van der Waals surface area contributed by atoms with E-state index in [9.17, 15) is 9.59 Å². The van der Waals surface area contributed by atoms with Crippen LogP contribution in [0.3, 0.4) is 0 Å². The zero-order valence-corrected chi connectivity index (χ0v) is 29.0. The summed E-state index contributed by atoms with van der Waals surface area (Å²) in [5, 5.41) is 0.670. The highest BCUT2D eigenvalue weighted by atomic mass is 35.5. The normalized spacial score (nSPS) is 16.9. The zero-order valence-electron chi connectivity index (χ0n) is 28.3. The molecule has 3 aromatic carbocycles. The minimum Gasteiger partial charge on any atom is -0.491 e. The maximum absolute atomic E-state index is 13.0. The van der Waals surface area contributed by atoms with Gasteiger partial charge < -0.3 is 14.2 Å². The van der Waals surface area contributed by atoms with Gasteiger partial charge in [-0.3, -0.25) is 24.5 Å². The predicted octanol–water partition coefficient (Wildman–Crippen LogP) is 9.48. The van der Waals surface area contributed by atoms with Gasteiger partial charge in [-0.2, -0.15) is 0 Å². The predicted molar refractivity (Wildman–Crippen MR) is 197 cm³/mol. The van der Waals surface area contributed by atoms with Gasteiger partial charge in [0.1, 0.15) is 36.1 Å². The van der Waals surface area contributed by atoms with Crippen LogP contribution in [0, 0.1) is 5.92 Å². The first-order valence-electron chi connectivity index (χ1n) is 16.8. The van der Waals surface area contributed by atoms with Gasteiger partial charge in [0.2, 0.25) is 0 Å². The minimum absolute atomic E-state index is 0.162. The molecule has 2 unspecified atom stereocenters. The lowest BCUT2D eigenvalue weighted by atomic mass is 9.94. The van der Waals surface area contributed by atoms with E-state index in [4.69, 9.17) is 25.8 Å². The average molecular weight is 698 g/mol. The molecule has 256 valence electrons. The number of pyridine rings is 2. The maximum atomic E-state index is 13.0. The van der Waals surface area contributed by atoms with E-state index in [0.29, 0.717) is 34.1 Å². The van der Waals surface area contributed by atoms with Crippen molar-refractivity contribution in [2.24, 2.45) is 5.92 Å². The van der Waals surface area contributed by atoms with Gasteiger partial charge in [-0.15, -0.1) is 0 Å². The third kappa shape index (κ3) is 6.51. The van der Waals surface area contributed by atoms with Crippen molar-refractivity contribution in [1.29, 1.82) is 0 Å². The van der Waals surface area contributed by atoms with Crippen molar-refractivity contribution in [2.45, 2.75) is 38.5 Å². The van der Waals surface area contributed by atoms with E-state index < -0.39 is 0 Å². The lowest BCUT2D eigenvalue weighted by molar-refractivity contribution is 0.0507. The van der Waals surface area contributed by atoms with Crippen molar-refractivity contribution in [3.8, 4) is 39.5 Å². The van der Waals surface area contributed by atoms with Gasteiger partial charge in [0.15, 0.2) is 0 Å². The summed E-state index contributed by atoms with van der Waals surface area (Å²) in [6.45, 7) is 12.0. The second kappa shape index (κ2) is 14.2. The molecule has 0 fully saturated rings. The smallest absolute Gasteiger partial charge is 0.261 e. The Labute approximate surface area is 302 Å². The van der Waals surface area contributed by atoms with E-state index in [2.05, 4.69) is 37.0 Å². The van der Waals surface area contributed by atoms with Crippen molar-refractivity contribution >= 4 is 23.4 Å². The van der Waals surface area contributed by atoms with Crippen LogP contribution in [-0.2, 0) is 0 Å². The SMILES string of the molecule is C=CC1Oc2cc(Cl)ccc2-c2ccncc21.C=CC1Oc2cc(OC[C@H](CC(C)C)N3C(=O)c4ccccc4C3=O)ccc2-c2ccncc21. The van der Waals surface area contributed by atoms with E-state index in [0.717, 1.165) is 39.1 Å². The second-order valence-electron chi connectivity index (χ2n) is 12.9. The molecule has 0 bridgehead atoms. The number of hydrogen-bond donors (Lipinski definition) is 0. The summed E-state index contributed by atoms with van der Waals surface area (Å²) >= 11 is 5.98. The first-order chi connectivity index (χ1) is 24.8. The fraction of sp³-hybridized carbons (Fsp3) is 0.190. The molecule has 3 atom stereocenters. The molecule has 3 aliphatic heterocycles. The maximum Gasteiger partial charge on any atom is 0.261 e. The fourth-order valence-electron chi connectivity index (χ4n) is 6.76. The van der Waals surface area contributed by atoms with Gasteiger partial charge in [0.25, 0.3) is 11.8 Å². The van der Waals surface area contributed by atoms with Gasteiger partial charge in [-0.1, -0.05) is 50.7 Å². The Bertz CT molecular complexity index is 2130. The molecule has 0 N–H and O–H groups in total. The molecule has 5 aromatic rings. The standard InChI is InChI=1S/C28H26N2O4.C14H10ClNO/c1-4-25-24-15-29-12-11-20(24)21-10-9-19(14-26(21)34-25)33-16-18(13-17(2)3)30-27(31)22-7-5-6-8-23(22)28(30)32;1-2-13-12-8-16-6-5-10(12)11-4-3-9(15)7-14(11)17-13/h4-12,14-15,17-18,25H,1,13,16H2,2-3H3;2-8,13H,1H2/t18-,25?;/m0./s1. The number of halogens is 1. The Morgan fingerprint density at radius 3 is 1.86 bits per heavy atom. The summed E-state index contributed by atoms with van der Waals surface area (Å²) in [7, 11) is 0. The Hall–Kier alpha value is -5.73. The topological polar surface area (TPSA) is 90.9 Å². The molecule has 8 nitrogen and oxygen atoms in total. The number of amides is 2. The second-order valence-corrected chi connectivity index (χ2v) is 13.3. The highest BCUT2D eigenvalue weighted by molar-refractivity contribution is 6.30. The molecule has 0 spiro atoms. The van der Waals surface area contributed by atoms with Crippen LogP contribution in [0.1, 0.15) is 64.3 Å². The molecular weight excluding hydrogens is 662 g/mol. The van der Waals surface area contributed by atoms with Crippen LogP contribution in [-0.4, -0.2) is 39.3 Å². The number of hydrogen-bond acceptors (Lipinski definition) is 7. The third-order valence-electron chi connectivity index (χ3n) is 9.11. The lowest BCUT2D eigenvalue weighted by Gasteiger charge is -2.29. The highest BCUT2D eigenvalue weighted by Gasteiger charge is 2.40. The number of benzene rings is 3. The molecule has 9 heteroatoms. The number of carbonyl (C=O) groups is 2. The molecular formula is C42H36ClN3O5. The van der Waals surface area contributed by atoms with Crippen LogP contribution in [0.2, 0.25) is 5.02 Å². The fourth-order valence-corrected chi connectivity index (χ4v) is 6.92. The molecule has 0 radical (unpaired) electrons. The van der Waals surface area contributed by atoms with Gasteiger partial charge in [0, 0.05) is 58.1 Å². The van der Waals surface area contributed by atoms with E-state index in [1.165, 1.54) is 4.90 Å². The van der Waals surface area contributed by atoms with Crippen LogP contribution in [0.4, 0.5) is 0 Å². The summed E-state index contributed by atoms with van der Waals surface area (Å²) in [5.41, 5.74) is 7.10. The molecule has 5 heterocycles. The van der Waals surface area contributed by atoms with Crippen LogP contribution in [0.25, 0.3) is 22.3 Å². The Morgan fingerprint density at radius 2 is 1.31 bits per heavy atom. The van der Waals surface area contributed by atoms with Crippen LogP contribution in [0.5, 0.6) is 17.2 Å². The van der Waals surface area contributed by atoms with Crippen LogP contribution in [0.15, 0.2) is 123 Å². The number of aromatic nitrogens is 2. The quantitative estimate of drug-likeness (QED) is 0.118. The molecule has 0 saturated carbocycles. The van der Waals surface area contributed by atoms with Gasteiger partial charge >= 0.3 is 0 Å². The monoisotopic (exact) mass is 697 g/mol. The molecule has 2 aromatic heterocycles. The van der Waals surface area contributed by atoms with Crippen molar-refractivity contribution in [3.63, 3.8) is 0 Å². The average Bonchev–Trinajstić information content (AvgIpc) is 3.41. The zero-order chi connectivity index (χ0) is 35.6. The Balaban J connectivity index is 0.000000199. The van der Waals surface area contributed by atoms with Crippen LogP contribution >= 0.6 is 11.6 Å². The van der Waals surface area contributed by atoms with E-state index in [-0.39, 0.29) is 42.6 Å². The van der Waals surface area contributed by atoms with Crippen molar-refractivity contribution in [3.05, 3.63) is 150 Å². The summed E-state index contributed by atoms with van der Waals surface area (Å²) in [5.74, 6) is 1.86. The summed E-state index contributed by atoms with van der Waals surface area (Å²) < 4.78 is 18.1. The lowest BCUT2D eigenvalue weighted by Crippen LogP contribution is -2.44. The van der Waals surface area contributed by atoms with Gasteiger partial charge in [0.05, 0.1) is 17.2 Å². The van der Waals surface area contributed by atoms with Crippen molar-refractivity contribution in [2.75, 3.05) is 6.61 Å². The number of fused-ring (bicyclic) bond motifs is 7. The molecule has 3 aliphatic rings. The van der Waals surface area contributed by atoms with Crippen molar-refractivity contribution in [1.82, 2.24) is 14.9 Å². The molecule has 2 amide bonds.